The molecule has 5 heteroatoms. The molecule has 0 fully saturated rings. The number of aryl methyl sites for hydroxylation is 2. The molecule has 2 heterocycles. The Hall–Kier alpha value is -0.200. The molecule has 2 aromatic rings. The van der Waals surface area contributed by atoms with Gasteiger partial charge in [0.1, 0.15) is 0 Å². The van der Waals surface area contributed by atoms with Gasteiger partial charge in [0.15, 0.2) is 0 Å². The monoisotopic (exact) mass is 330 g/mol. The summed E-state index contributed by atoms with van der Waals surface area (Å²) in [5, 5.41) is 2.10. The zero-order valence-corrected chi connectivity index (χ0v) is 13.0. The molecule has 0 saturated heterocycles. The number of hydrogen-bond donors (Lipinski definition) is 2. The van der Waals surface area contributed by atoms with Crippen molar-refractivity contribution in [3.05, 3.63) is 42.2 Å². The molecule has 2 nitrogen and oxygen atoms in total. The molecule has 17 heavy (non-hydrogen) atoms. The lowest BCUT2D eigenvalue weighted by atomic mass is 10.1. The zero-order valence-electron chi connectivity index (χ0n) is 9.79. The average Bonchev–Trinajstić information content (AvgIpc) is 2.83. The Morgan fingerprint density at radius 1 is 1.41 bits per heavy atom. The van der Waals surface area contributed by atoms with Gasteiger partial charge in [0.05, 0.1) is 6.04 Å². The van der Waals surface area contributed by atoms with Crippen molar-refractivity contribution >= 4 is 38.6 Å². The SMILES string of the molecule is Cc1cc(C(Cc2cc(Br)cs2)NN)sc1C. The van der Waals surface area contributed by atoms with E-state index in [0.717, 1.165) is 10.9 Å². The van der Waals surface area contributed by atoms with Crippen LogP contribution in [0.5, 0.6) is 0 Å². The summed E-state index contributed by atoms with van der Waals surface area (Å²) < 4.78 is 1.15. The van der Waals surface area contributed by atoms with E-state index in [0.29, 0.717) is 0 Å². The Bertz CT molecular complexity index is 485. The van der Waals surface area contributed by atoms with Gasteiger partial charge in [0.25, 0.3) is 0 Å². The highest BCUT2D eigenvalue weighted by molar-refractivity contribution is 9.10. The maximum absolute atomic E-state index is 5.67. The van der Waals surface area contributed by atoms with Gasteiger partial charge in [-0.25, -0.2) is 0 Å². The first-order valence-corrected chi connectivity index (χ1v) is 7.85. The first-order chi connectivity index (χ1) is 8.10. The molecule has 3 N–H and O–H groups in total. The number of hydrazine groups is 1. The normalized spacial score (nSPS) is 12.9. The summed E-state index contributed by atoms with van der Waals surface area (Å²) >= 11 is 7.06. The molecule has 1 unspecified atom stereocenters. The van der Waals surface area contributed by atoms with Crippen molar-refractivity contribution in [2.75, 3.05) is 0 Å². The van der Waals surface area contributed by atoms with E-state index in [4.69, 9.17) is 5.84 Å². The molecule has 2 rings (SSSR count). The number of rotatable bonds is 4. The minimum absolute atomic E-state index is 0.206. The molecule has 0 aliphatic heterocycles. The van der Waals surface area contributed by atoms with E-state index in [-0.39, 0.29) is 6.04 Å². The van der Waals surface area contributed by atoms with Crippen LogP contribution < -0.4 is 11.3 Å². The first kappa shape index (κ1) is 13.2. The zero-order chi connectivity index (χ0) is 12.4. The van der Waals surface area contributed by atoms with Crippen molar-refractivity contribution in [2.24, 2.45) is 5.84 Å². The van der Waals surface area contributed by atoms with Gasteiger partial charge in [-0.3, -0.25) is 11.3 Å². The van der Waals surface area contributed by atoms with E-state index >= 15 is 0 Å². The van der Waals surface area contributed by atoms with Crippen LogP contribution in [0.25, 0.3) is 0 Å². The van der Waals surface area contributed by atoms with E-state index in [1.165, 1.54) is 20.2 Å². The fourth-order valence-corrected chi connectivity index (χ4v) is 4.28. The van der Waals surface area contributed by atoms with Crippen molar-refractivity contribution < 1.29 is 0 Å². The predicted molar refractivity (Wildman–Crippen MR) is 79.6 cm³/mol. The Morgan fingerprint density at radius 3 is 2.65 bits per heavy atom. The molecule has 1 atom stereocenters. The quantitative estimate of drug-likeness (QED) is 0.658. The molecule has 0 aromatic carbocycles. The molecule has 0 aliphatic rings. The summed E-state index contributed by atoms with van der Waals surface area (Å²) in [4.78, 5) is 4.02. The lowest BCUT2D eigenvalue weighted by molar-refractivity contribution is 0.564. The van der Waals surface area contributed by atoms with Gasteiger partial charge in [0, 0.05) is 30.9 Å². The van der Waals surface area contributed by atoms with Crippen molar-refractivity contribution in [3.63, 3.8) is 0 Å². The number of halogens is 1. The summed E-state index contributed by atoms with van der Waals surface area (Å²) in [6, 6.07) is 4.59. The predicted octanol–water partition coefficient (Wildman–Crippen LogP) is 3.94. The molecule has 0 bridgehead atoms. The highest BCUT2D eigenvalue weighted by atomic mass is 79.9. The van der Waals surface area contributed by atoms with Crippen molar-refractivity contribution in [3.8, 4) is 0 Å². The molecule has 0 saturated carbocycles. The molecular weight excluding hydrogens is 316 g/mol. The summed E-state index contributed by atoms with van der Waals surface area (Å²) in [5.41, 5.74) is 4.26. The van der Waals surface area contributed by atoms with E-state index in [1.54, 1.807) is 11.3 Å². The largest absolute Gasteiger partial charge is 0.271 e. The van der Waals surface area contributed by atoms with Crippen LogP contribution in [0.4, 0.5) is 0 Å². The lowest BCUT2D eigenvalue weighted by Gasteiger charge is -2.12. The molecule has 0 spiro atoms. The van der Waals surface area contributed by atoms with E-state index in [2.05, 4.69) is 52.7 Å². The van der Waals surface area contributed by atoms with Gasteiger partial charge in [0.2, 0.25) is 0 Å². The van der Waals surface area contributed by atoms with E-state index in [9.17, 15) is 0 Å². The molecule has 0 radical (unpaired) electrons. The van der Waals surface area contributed by atoms with Crippen LogP contribution >= 0.6 is 38.6 Å². The number of nitrogens with one attached hydrogen (secondary N) is 1. The topological polar surface area (TPSA) is 38.0 Å². The maximum Gasteiger partial charge on any atom is 0.0601 e. The highest BCUT2D eigenvalue weighted by Gasteiger charge is 2.15. The third kappa shape index (κ3) is 3.17. The van der Waals surface area contributed by atoms with Crippen LogP contribution in [-0.4, -0.2) is 0 Å². The van der Waals surface area contributed by atoms with Gasteiger partial charge in [-0.2, -0.15) is 0 Å². The summed E-state index contributed by atoms with van der Waals surface area (Å²) in [6.45, 7) is 4.30. The fourth-order valence-electron chi connectivity index (χ4n) is 1.68. The Labute approximate surface area is 118 Å². The van der Waals surface area contributed by atoms with E-state index < -0.39 is 0 Å². The van der Waals surface area contributed by atoms with E-state index in [1.807, 2.05) is 11.3 Å². The van der Waals surface area contributed by atoms with Crippen molar-refractivity contribution in [2.45, 2.75) is 26.3 Å². The van der Waals surface area contributed by atoms with Crippen LogP contribution in [0.15, 0.2) is 22.0 Å². The minimum atomic E-state index is 0.206. The summed E-state index contributed by atoms with van der Waals surface area (Å²) in [6.07, 6.45) is 0.937. The summed E-state index contributed by atoms with van der Waals surface area (Å²) in [7, 11) is 0. The average molecular weight is 331 g/mol. The minimum Gasteiger partial charge on any atom is -0.271 e. The van der Waals surface area contributed by atoms with Crippen LogP contribution in [0.2, 0.25) is 0 Å². The number of nitrogens with two attached hydrogens (primary N) is 1. The Kier molecular flexibility index (Phi) is 4.38. The summed E-state index contributed by atoms with van der Waals surface area (Å²) in [5.74, 6) is 5.67. The van der Waals surface area contributed by atoms with Crippen LogP contribution in [0.3, 0.4) is 0 Å². The number of hydrogen-bond acceptors (Lipinski definition) is 4. The van der Waals surface area contributed by atoms with Crippen molar-refractivity contribution in [1.29, 1.82) is 0 Å². The molecule has 0 aliphatic carbocycles. The molecule has 2 aromatic heterocycles. The second-order valence-corrected chi connectivity index (χ2v) is 7.24. The smallest absolute Gasteiger partial charge is 0.0601 e. The lowest BCUT2D eigenvalue weighted by Crippen LogP contribution is -2.28. The van der Waals surface area contributed by atoms with Crippen molar-refractivity contribution in [1.82, 2.24) is 5.43 Å². The van der Waals surface area contributed by atoms with Gasteiger partial charge in [-0.15, -0.1) is 22.7 Å². The third-order valence-corrected chi connectivity index (χ3v) is 5.74. The molecular formula is C12H15BrN2S2. The van der Waals surface area contributed by atoms with Gasteiger partial charge >= 0.3 is 0 Å². The second kappa shape index (κ2) is 5.63. The van der Waals surface area contributed by atoms with Gasteiger partial charge in [-0.1, -0.05) is 0 Å². The third-order valence-electron chi connectivity index (χ3n) is 2.76. The Balaban J connectivity index is 2.16. The van der Waals surface area contributed by atoms with Crippen LogP contribution in [0, 0.1) is 13.8 Å². The van der Waals surface area contributed by atoms with Crippen LogP contribution in [-0.2, 0) is 6.42 Å². The second-order valence-electron chi connectivity index (χ2n) is 4.04. The Morgan fingerprint density at radius 2 is 2.18 bits per heavy atom. The van der Waals surface area contributed by atoms with Gasteiger partial charge < -0.3 is 0 Å². The standard InChI is InChI=1S/C12H15BrN2S2/c1-7-3-12(17-8(7)2)11(15-14)5-10-4-9(13)6-16-10/h3-4,6,11,15H,5,14H2,1-2H3. The highest BCUT2D eigenvalue weighted by Crippen LogP contribution is 2.30. The molecule has 92 valence electrons. The van der Waals surface area contributed by atoms with Crippen LogP contribution in [0.1, 0.15) is 26.2 Å². The fraction of sp³-hybridized carbons (Fsp3) is 0.333. The molecule has 0 amide bonds. The maximum atomic E-state index is 5.67. The first-order valence-electron chi connectivity index (χ1n) is 5.36. The van der Waals surface area contributed by atoms with Gasteiger partial charge in [-0.05, 0) is 47.5 Å². The number of thiophene rings is 2.